The lowest BCUT2D eigenvalue weighted by Crippen LogP contribution is -2.22. The van der Waals surface area contributed by atoms with Crippen LogP contribution in [0.5, 0.6) is 0 Å². The van der Waals surface area contributed by atoms with Crippen molar-refractivity contribution in [2.45, 2.75) is 40.2 Å². The first-order valence-corrected chi connectivity index (χ1v) is 7.43. The third kappa shape index (κ3) is 3.71. The third-order valence-corrected chi connectivity index (χ3v) is 4.01. The molecule has 0 saturated carbocycles. The Labute approximate surface area is 123 Å². The van der Waals surface area contributed by atoms with Gasteiger partial charge in [-0.1, -0.05) is 48.0 Å². The largest absolute Gasteiger partial charge is 0.310 e. The Balaban J connectivity index is 1.94. The molecule has 0 fully saturated rings. The third-order valence-electron chi connectivity index (χ3n) is 4.01. The first-order chi connectivity index (χ1) is 9.58. The topological polar surface area (TPSA) is 12.0 Å². The van der Waals surface area contributed by atoms with Gasteiger partial charge >= 0.3 is 0 Å². The van der Waals surface area contributed by atoms with E-state index >= 15 is 0 Å². The van der Waals surface area contributed by atoms with Gasteiger partial charge in [0.15, 0.2) is 0 Å². The van der Waals surface area contributed by atoms with Crippen molar-refractivity contribution in [3.63, 3.8) is 0 Å². The van der Waals surface area contributed by atoms with Gasteiger partial charge in [0, 0.05) is 6.04 Å². The maximum atomic E-state index is 3.64. The standard InChI is InChI=1S/C19H25N/c1-14-9-10-16(3)19(13-14)17(4)20-12-11-18-8-6-5-7-15(18)2/h5-10,13,17,20H,11-12H2,1-4H3. The fourth-order valence-electron chi connectivity index (χ4n) is 2.65. The normalized spacial score (nSPS) is 12.4. The van der Waals surface area contributed by atoms with Crippen molar-refractivity contribution >= 4 is 0 Å². The summed E-state index contributed by atoms with van der Waals surface area (Å²) in [5, 5.41) is 3.64. The first kappa shape index (κ1) is 14.8. The van der Waals surface area contributed by atoms with Crippen LogP contribution in [0.3, 0.4) is 0 Å². The van der Waals surface area contributed by atoms with Crippen LogP contribution in [0.25, 0.3) is 0 Å². The van der Waals surface area contributed by atoms with Gasteiger partial charge in [0.2, 0.25) is 0 Å². The molecule has 2 aromatic carbocycles. The van der Waals surface area contributed by atoms with E-state index in [2.05, 4.69) is 75.5 Å². The Morgan fingerprint density at radius 3 is 2.45 bits per heavy atom. The average Bonchev–Trinajstić information content (AvgIpc) is 2.43. The highest BCUT2D eigenvalue weighted by Crippen LogP contribution is 2.19. The van der Waals surface area contributed by atoms with Gasteiger partial charge in [-0.25, -0.2) is 0 Å². The van der Waals surface area contributed by atoms with Gasteiger partial charge in [0.05, 0.1) is 0 Å². The molecule has 0 radical (unpaired) electrons. The van der Waals surface area contributed by atoms with Crippen LogP contribution in [0.1, 0.15) is 40.8 Å². The summed E-state index contributed by atoms with van der Waals surface area (Å²) in [6, 6.07) is 15.7. The molecule has 0 heterocycles. The van der Waals surface area contributed by atoms with Crippen molar-refractivity contribution in [3.05, 3.63) is 70.3 Å². The Bertz CT molecular complexity index is 572. The van der Waals surface area contributed by atoms with Crippen LogP contribution in [-0.4, -0.2) is 6.54 Å². The van der Waals surface area contributed by atoms with Crippen molar-refractivity contribution in [3.8, 4) is 0 Å². The van der Waals surface area contributed by atoms with Crippen LogP contribution < -0.4 is 5.32 Å². The van der Waals surface area contributed by atoms with Crippen molar-refractivity contribution in [1.82, 2.24) is 5.32 Å². The fourth-order valence-corrected chi connectivity index (χ4v) is 2.65. The Hall–Kier alpha value is -1.60. The average molecular weight is 267 g/mol. The zero-order chi connectivity index (χ0) is 14.5. The lowest BCUT2D eigenvalue weighted by atomic mass is 9.99. The minimum atomic E-state index is 0.402. The molecule has 0 aliphatic rings. The van der Waals surface area contributed by atoms with Gasteiger partial charge in [0.25, 0.3) is 0 Å². The molecule has 1 nitrogen and oxygen atoms in total. The fraction of sp³-hybridized carbons (Fsp3) is 0.368. The molecule has 1 heteroatoms. The van der Waals surface area contributed by atoms with Gasteiger partial charge in [-0.15, -0.1) is 0 Å². The maximum absolute atomic E-state index is 3.64. The molecular weight excluding hydrogens is 242 g/mol. The quantitative estimate of drug-likeness (QED) is 0.840. The number of benzene rings is 2. The summed E-state index contributed by atoms with van der Waals surface area (Å²) in [6.45, 7) is 9.79. The molecule has 0 bridgehead atoms. The molecule has 0 spiro atoms. The Kier molecular flexibility index (Phi) is 4.97. The molecule has 1 atom stereocenters. The monoisotopic (exact) mass is 267 g/mol. The smallest absolute Gasteiger partial charge is 0.0294 e. The summed E-state index contributed by atoms with van der Waals surface area (Å²) in [5.41, 5.74) is 6.93. The number of aryl methyl sites for hydroxylation is 3. The minimum Gasteiger partial charge on any atom is -0.310 e. The van der Waals surface area contributed by atoms with E-state index in [-0.39, 0.29) is 0 Å². The molecule has 2 rings (SSSR count). The van der Waals surface area contributed by atoms with Crippen LogP contribution in [0.4, 0.5) is 0 Å². The van der Waals surface area contributed by atoms with E-state index in [1.165, 1.54) is 27.8 Å². The molecule has 0 aromatic heterocycles. The zero-order valence-electron chi connectivity index (χ0n) is 13.0. The highest BCUT2D eigenvalue weighted by molar-refractivity contribution is 5.32. The van der Waals surface area contributed by atoms with E-state index in [1.54, 1.807) is 0 Å². The number of hydrogen-bond donors (Lipinski definition) is 1. The van der Waals surface area contributed by atoms with Gasteiger partial charge in [-0.2, -0.15) is 0 Å². The van der Waals surface area contributed by atoms with Crippen LogP contribution >= 0.6 is 0 Å². The zero-order valence-corrected chi connectivity index (χ0v) is 13.0. The predicted octanol–water partition coefficient (Wildman–Crippen LogP) is 4.51. The molecule has 0 aliphatic carbocycles. The summed E-state index contributed by atoms with van der Waals surface area (Å²) in [5.74, 6) is 0. The van der Waals surface area contributed by atoms with E-state index in [0.717, 1.165) is 13.0 Å². The summed E-state index contributed by atoms with van der Waals surface area (Å²) in [7, 11) is 0. The van der Waals surface area contributed by atoms with Crippen molar-refractivity contribution in [1.29, 1.82) is 0 Å². The summed E-state index contributed by atoms with van der Waals surface area (Å²) in [4.78, 5) is 0. The van der Waals surface area contributed by atoms with Gasteiger partial charge < -0.3 is 5.32 Å². The van der Waals surface area contributed by atoms with Gasteiger partial charge in [-0.05, 0) is 62.9 Å². The molecule has 1 N–H and O–H groups in total. The van der Waals surface area contributed by atoms with Crippen LogP contribution in [0.2, 0.25) is 0 Å². The highest BCUT2D eigenvalue weighted by Gasteiger charge is 2.08. The summed E-state index contributed by atoms with van der Waals surface area (Å²) in [6.07, 6.45) is 1.09. The lowest BCUT2D eigenvalue weighted by Gasteiger charge is -2.17. The Morgan fingerprint density at radius 1 is 0.950 bits per heavy atom. The van der Waals surface area contributed by atoms with Crippen LogP contribution in [-0.2, 0) is 6.42 Å². The number of nitrogens with one attached hydrogen (secondary N) is 1. The predicted molar refractivity (Wildman–Crippen MR) is 87.2 cm³/mol. The van der Waals surface area contributed by atoms with Gasteiger partial charge in [0.1, 0.15) is 0 Å². The maximum Gasteiger partial charge on any atom is 0.0294 e. The molecular formula is C19H25N. The van der Waals surface area contributed by atoms with E-state index < -0.39 is 0 Å². The Morgan fingerprint density at radius 2 is 1.70 bits per heavy atom. The molecule has 106 valence electrons. The van der Waals surface area contributed by atoms with Crippen molar-refractivity contribution in [2.75, 3.05) is 6.54 Å². The summed E-state index contributed by atoms with van der Waals surface area (Å²) < 4.78 is 0. The van der Waals surface area contributed by atoms with E-state index in [9.17, 15) is 0 Å². The minimum absolute atomic E-state index is 0.402. The second-order valence-corrected chi connectivity index (χ2v) is 5.71. The molecule has 2 aromatic rings. The molecule has 0 amide bonds. The SMILES string of the molecule is Cc1ccc(C)c(C(C)NCCc2ccccc2C)c1. The second kappa shape index (κ2) is 6.71. The first-order valence-electron chi connectivity index (χ1n) is 7.43. The lowest BCUT2D eigenvalue weighted by molar-refractivity contribution is 0.573. The van der Waals surface area contributed by atoms with Crippen LogP contribution in [0, 0.1) is 20.8 Å². The highest BCUT2D eigenvalue weighted by atomic mass is 14.9. The van der Waals surface area contributed by atoms with E-state index in [4.69, 9.17) is 0 Å². The van der Waals surface area contributed by atoms with E-state index in [1.807, 2.05) is 0 Å². The van der Waals surface area contributed by atoms with Crippen LogP contribution in [0.15, 0.2) is 42.5 Å². The van der Waals surface area contributed by atoms with E-state index in [0.29, 0.717) is 6.04 Å². The van der Waals surface area contributed by atoms with Crippen molar-refractivity contribution in [2.24, 2.45) is 0 Å². The van der Waals surface area contributed by atoms with Gasteiger partial charge in [-0.3, -0.25) is 0 Å². The molecule has 1 unspecified atom stereocenters. The van der Waals surface area contributed by atoms with Crippen molar-refractivity contribution < 1.29 is 0 Å². The summed E-state index contributed by atoms with van der Waals surface area (Å²) >= 11 is 0. The molecule has 20 heavy (non-hydrogen) atoms. The number of rotatable bonds is 5. The molecule has 0 aliphatic heterocycles. The second-order valence-electron chi connectivity index (χ2n) is 5.71. The molecule has 0 saturated heterocycles. The number of hydrogen-bond acceptors (Lipinski definition) is 1.